The molecular formula is C29H31ClFN5O3. The van der Waals surface area contributed by atoms with Crippen molar-refractivity contribution >= 4 is 35.5 Å². The molecule has 2 aromatic carbocycles. The van der Waals surface area contributed by atoms with Gasteiger partial charge in [0.25, 0.3) is 0 Å². The molecule has 0 bridgehead atoms. The minimum Gasteiger partial charge on any atom is -0.445 e. The van der Waals surface area contributed by atoms with E-state index in [0.717, 1.165) is 25.8 Å². The zero-order chi connectivity index (χ0) is 27.8. The van der Waals surface area contributed by atoms with Crippen LogP contribution < -0.4 is 4.90 Å². The molecule has 8 nitrogen and oxygen atoms in total. The van der Waals surface area contributed by atoms with Crippen molar-refractivity contribution in [3.05, 3.63) is 94.7 Å². The summed E-state index contributed by atoms with van der Waals surface area (Å²) >= 11 is 5.81. The Hall–Kier alpha value is -3.98. The molecule has 10 heteroatoms. The van der Waals surface area contributed by atoms with Crippen LogP contribution in [0.3, 0.4) is 0 Å². The molecule has 0 fully saturated rings. The number of amides is 1. The minimum absolute atomic E-state index is 0.138. The van der Waals surface area contributed by atoms with E-state index in [9.17, 15) is 9.18 Å². The molecule has 0 radical (unpaired) electrons. The SMILES string of the molecule is CC(C)(C)OC(=O)N(Cc1coc(C=Cc2ccc(Cl)cc2F)n1)c1ccc(CCCCn2ccnn2)cc1. The second-order valence-corrected chi connectivity index (χ2v) is 10.5. The van der Waals surface area contributed by atoms with Crippen LogP contribution in [-0.2, 0) is 24.2 Å². The van der Waals surface area contributed by atoms with Gasteiger partial charge in [0.2, 0.25) is 5.89 Å². The highest BCUT2D eigenvalue weighted by atomic mass is 35.5. The summed E-state index contributed by atoms with van der Waals surface area (Å²) in [7, 11) is 0. The summed E-state index contributed by atoms with van der Waals surface area (Å²) in [5.41, 5.74) is 2.06. The van der Waals surface area contributed by atoms with Gasteiger partial charge in [-0.25, -0.2) is 14.2 Å². The average Bonchev–Trinajstić information content (AvgIpc) is 3.56. The van der Waals surface area contributed by atoms with Gasteiger partial charge in [-0.3, -0.25) is 9.58 Å². The monoisotopic (exact) mass is 551 g/mol. The van der Waals surface area contributed by atoms with Gasteiger partial charge < -0.3 is 9.15 Å². The Morgan fingerprint density at radius 1 is 1.15 bits per heavy atom. The number of unbranched alkanes of at least 4 members (excludes halogenated alkanes) is 1. The van der Waals surface area contributed by atoms with Gasteiger partial charge in [-0.2, -0.15) is 0 Å². The number of hydrogen-bond donors (Lipinski definition) is 0. The number of carbonyl (C=O) groups excluding carboxylic acids is 1. The highest BCUT2D eigenvalue weighted by Crippen LogP contribution is 2.23. The second-order valence-electron chi connectivity index (χ2n) is 10.0. The normalized spacial score (nSPS) is 11.7. The third-order valence-corrected chi connectivity index (χ3v) is 5.93. The first-order valence-corrected chi connectivity index (χ1v) is 13.1. The fraction of sp³-hybridized carbons (Fsp3) is 0.310. The van der Waals surface area contributed by atoms with E-state index in [0.29, 0.717) is 22.0 Å². The molecule has 0 aliphatic rings. The molecule has 39 heavy (non-hydrogen) atoms. The van der Waals surface area contributed by atoms with Gasteiger partial charge in [0, 0.05) is 35.1 Å². The Labute approximate surface area is 232 Å². The first-order chi connectivity index (χ1) is 18.7. The Morgan fingerprint density at radius 2 is 1.95 bits per heavy atom. The Balaban J connectivity index is 1.43. The van der Waals surface area contributed by atoms with E-state index in [1.165, 1.54) is 22.8 Å². The standard InChI is InChI=1S/C29H31ClFN5O3/c1-29(2,3)39-28(37)36(25-12-7-21(8-13-25)6-4-5-16-35-17-15-32-34-35)19-24-20-38-27(33-24)14-10-22-9-11-23(30)18-26(22)31/h7-15,17-18,20H,4-6,16,19H2,1-3H3. The van der Waals surface area contributed by atoms with Gasteiger partial charge in [-0.1, -0.05) is 35.0 Å². The van der Waals surface area contributed by atoms with Gasteiger partial charge in [0.15, 0.2) is 0 Å². The molecule has 0 aliphatic heterocycles. The Morgan fingerprint density at radius 3 is 2.64 bits per heavy atom. The molecule has 204 valence electrons. The lowest BCUT2D eigenvalue weighted by Crippen LogP contribution is -2.36. The van der Waals surface area contributed by atoms with Gasteiger partial charge in [0.1, 0.15) is 17.7 Å². The number of hydrogen-bond acceptors (Lipinski definition) is 6. The third kappa shape index (κ3) is 8.51. The summed E-state index contributed by atoms with van der Waals surface area (Å²) in [5, 5.41) is 8.12. The van der Waals surface area contributed by atoms with E-state index in [1.54, 1.807) is 30.5 Å². The molecule has 4 rings (SSSR count). The van der Waals surface area contributed by atoms with Crippen molar-refractivity contribution in [3.8, 4) is 0 Å². The lowest BCUT2D eigenvalue weighted by Gasteiger charge is -2.27. The van der Waals surface area contributed by atoms with Crippen molar-refractivity contribution in [1.82, 2.24) is 20.0 Å². The number of benzene rings is 2. The van der Waals surface area contributed by atoms with Crippen LogP contribution in [0.1, 0.15) is 56.3 Å². The number of rotatable bonds is 10. The molecule has 0 N–H and O–H groups in total. The molecule has 0 aliphatic carbocycles. The van der Waals surface area contributed by atoms with Gasteiger partial charge in [0.05, 0.1) is 18.4 Å². The van der Waals surface area contributed by atoms with Crippen molar-refractivity contribution in [2.24, 2.45) is 0 Å². The van der Waals surface area contributed by atoms with E-state index in [1.807, 2.05) is 55.9 Å². The Bertz CT molecular complexity index is 1400. The fourth-order valence-corrected chi connectivity index (χ4v) is 3.97. The molecule has 1 amide bonds. The Kier molecular flexibility index (Phi) is 9.14. The lowest BCUT2D eigenvalue weighted by molar-refractivity contribution is 0.0577. The highest BCUT2D eigenvalue weighted by molar-refractivity contribution is 6.30. The third-order valence-electron chi connectivity index (χ3n) is 5.69. The van der Waals surface area contributed by atoms with E-state index in [-0.39, 0.29) is 12.4 Å². The van der Waals surface area contributed by atoms with E-state index in [2.05, 4.69) is 15.3 Å². The minimum atomic E-state index is -0.667. The number of aryl methyl sites for hydroxylation is 2. The topological polar surface area (TPSA) is 86.3 Å². The van der Waals surface area contributed by atoms with Crippen LogP contribution in [0.4, 0.5) is 14.9 Å². The quantitative estimate of drug-likeness (QED) is 0.194. The molecule has 2 aromatic heterocycles. The second kappa shape index (κ2) is 12.7. The predicted molar refractivity (Wildman–Crippen MR) is 149 cm³/mol. The smallest absolute Gasteiger partial charge is 0.415 e. The predicted octanol–water partition coefficient (Wildman–Crippen LogP) is 7.19. The highest BCUT2D eigenvalue weighted by Gasteiger charge is 2.24. The molecule has 0 saturated carbocycles. The number of halogens is 2. The van der Waals surface area contributed by atoms with Gasteiger partial charge >= 0.3 is 6.09 Å². The summed E-state index contributed by atoms with van der Waals surface area (Å²) in [5.74, 6) is -0.162. The number of carbonyl (C=O) groups is 1. The number of anilines is 1. The van der Waals surface area contributed by atoms with E-state index >= 15 is 0 Å². The number of aromatic nitrogens is 4. The largest absolute Gasteiger partial charge is 0.445 e. The van der Waals surface area contributed by atoms with Crippen LogP contribution in [0.5, 0.6) is 0 Å². The summed E-state index contributed by atoms with van der Waals surface area (Å²) in [6.45, 7) is 6.42. The van der Waals surface area contributed by atoms with Crippen molar-refractivity contribution in [3.63, 3.8) is 0 Å². The average molecular weight is 552 g/mol. The maximum absolute atomic E-state index is 14.1. The molecular weight excluding hydrogens is 521 g/mol. The van der Waals surface area contributed by atoms with Gasteiger partial charge in [-0.05, 0) is 75.9 Å². The van der Waals surface area contributed by atoms with Crippen LogP contribution in [0.2, 0.25) is 5.02 Å². The van der Waals surface area contributed by atoms with Crippen LogP contribution in [0.15, 0.2) is 65.5 Å². The molecule has 4 aromatic rings. The fourth-order valence-electron chi connectivity index (χ4n) is 3.81. The summed E-state index contributed by atoms with van der Waals surface area (Å²) in [4.78, 5) is 19.1. The van der Waals surface area contributed by atoms with E-state index < -0.39 is 17.5 Å². The van der Waals surface area contributed by atoms with Crippen LogP contribution in [-0.4, -0.2) is 31.7 Å². The van der Waals surface area contributed by atoms with Crippen LogP contribution >= 0.6 is 11.6 Å². The number of nitrogens with zero attached hydrogens (tertiary/aromatic N) is 5. The van der Waals surface area contributed by atoms with Crippen LogP contribution in [0, 0.1) is 5.82 Å². The van der Waals surface area contributed by atoms with Crippen molar-refractivity contribution in [2.75, 3.05) is 4.90 Å². The van der Waals surface area contributed by atoms with Crippen molar-refractivity contribution < 1.29 is 18.3 Å². The molecule has 0 atom stereocenters. The summed E-state index contributed by atoms with van der Waals surface area (Å²) < 4.78 is 27.1. The van der Waals surface area contributed by atoms with Crippen LogP contribution in [0.25, 0.3) is 12.2 Å². The number of oxazole rings is 1. The van der Waals surface area contributed by atoms with Crippen molar-refractivity contribution in [1.29, 1.82) is 0 Å². The summed E-state index contributed by atoms with van der Waals surface area (Å²) in [6, 6.07) is 12.3. The maximum atomic E-state index is 14.1. The molecule has 0 unspecified atom stereocenters. The zero-order valence-corrected chi connectivity index (χ0v) is 22.9. The van der Waals surface area contributed by atoms with Gasteiger partial charge in [-0.15, -0.1) is 5.10 Å². The lowest BCUT2D eigenvalue weighted by atomic mass is 10.1. The molecule has 2 heterocycles. The first-order valence-electron chi connectivity index (χ1n) is 12.7. The molecule has 0 saturated heterocycles. The first kappa shape index (κ1) is 28.0. The zero-order valence-electron chi connectivity index (χ0n) is 22.2. The summed E-state index contributed by atoms with van der Waals surface area (Å²) in [6.07, 6.45) is 10.5. The number of ether oxygens (including phenoxy) is 1. The molecule has 0 spiro atoms. The van der Waals surface area contributed by atoms with Crippen molar-refractivity contribution in [2.45, 2.75) is 58.7 Å². The van der Waals surface area contributed by atoms with E-state index in [4.69, 9.17) is 20.8 Å². The maximum Gasteiger partial charge on any atom is 0.415 e.